The van der Waals surface area contributed by atoms with Gasteiger partial charge in [0.1, 0.15) is 5.75 Å². The highest BCUT2D eigenvalue weighted by Gasteiger charge is 1.96. The van der Waals surface area contributed by atoms with Crippen molar-refractivity contribution in [3.05, 3.63) is 29.8 Å². The first kappa shape index (κ1) is 11.6. The number of aryl methyl sites for hydroxylation is 1. The Morgan fingerprint density at radius 3 is 2.93 bits per heavy atom. The van der Waals surface area contributed by atoms with E-state index >= 15 is 0 Å². The number of amides is 1. The summed E-state index contributed by atoms with van der Waals surface area (Å²) in [5.74, 6) is 0.910. The maximum Gasteiger partial charge on any atom is 0.216 e. The zero-order valence-electron chi connectivity index (χ0n) is 9.25. The number of carbonyl (C=O) groups excluding carboxylic acids is 1. The molecule has 15 heavy (non-hydrogen) atoms. The van der Waals surface area contributed by atoms with E-state index in [0.29, 0.717) is 0 Å². The van der Waals surface area contributed by atoms with Crippen LogP contribution in [0.25, 0.3) is 0 Å². The van der Waals surface area contributed by atoms with E-state index in [1.54, 1.807) is 7.11 Å². The van der Waals surface area contributed by atoms with Gasteiger partial charge in [0.15, 0.2) is 0 Å². The van der Waals surface area contributed by atoms with Crippen LogP contribution in [0.3, 0.4) is 0 Å². The molecule has 0 spiro atoms. The lowest BCUT2D eigenvalue weighted by Gasteiger charge is -2.04. The molecule has 3 heteroatoms. The third kappa shape index (κ3) is 4.49. The Kier molecular flexibility index (Phi) is 4.68. The molecule has 0 heterocycles. The number of methoxy groups -OCH3 is 1. The smallest absolute Gasteiger partial charge is 0.216 e. The topological polar surface area (TPSA) is 38.3 Å². The Bertz CT molecular complexity index is 323. The predicted molar refractivity (Wildman–Crippen MR) is 60.0 cm³/mol. The monoisotopic (exact) mass is 207 g/mol. The maximum absolute atomic E-state index is 10.6. The summed E-state index contributed by atoms with van der Waals surface area (Å²) < 4.78 is 5.13. The fourth-order valence-electron chi connectivity index (χ4n) is 1.38. The Labute approximate surface area is 90.4 Å². The van der Waals surface area contributed by atoms with Crippen LogP contribution in [0.4, 0.5) is 0 Å². The third-order valence-electron chi connectivity index (χ3n) is 2.15. The van der Waals surface area contributed by atoms with Crippen molar-refractivity contribution in [2.75, 3.05) is 13.7 Å². The largest absolute Gasteiger partial charge is 0.497 e. The first-order valence-corrected chi connectivity index (χ1v) is 5.09. The third-order valence-corrected chi connectivity index (χ3v) is 2.15. The summed E-state index contributed by atoms with van der Waals surface area (Å²) in [4.78, 5) is 10.6. The lowest BCUT2D eigenvalue weighted by atomic mass is 10.1. The zero-order chi connectivity index (χ0) is 11.1. The first-order chi connectivity index (χ1) is 7.22. The molecule has 1 aromatic carbocycles. The van der Waals surface area contributed by atoms with E-state index in [1.807, 2.05) is 18.2 Å². The predicted octanol–water partition coefficient (Wildman–Crippen LogP) is 1.76. The second-order valence-electron chi connectivity index (χ2n) is 3.44. The number of hydrogen-bond donors (Lipinski definition) is 1. The molecule has 0 aliphatic rings. The van der Waals surface area contributed by atoms with Crippen LogP contribution >= 0.6 is 0 Å². The minimum atomic E-state index is 0.0284. The van der Waals surface area contributed by atoms with Gasteiger partial charge in [0, 0.05) is 13.5 Å². The number of hydrogen-bond acceptors (Lipinski definition) is 2. The van der Waals surface area contributed by atoms with Gasteiger partial charge in [0.2, 0.25) is 5.91 Å². The lowest BCUT2D eigenvalue weighted by Crippen LogP contribution is -2.21. The van der Waals surface area contributed by atoms with Gasteiger partial charge in [-0.2, -0.15) is 0 Å². The summed E-state index contributed by atoms with van der Waals surface area (Å²) in [5, 5.41) is 2.77. The molecule has 1 aromatic rings. The van der Waals surface area contributed by atoms with Gasteiger partial charge in [0.05, 0.1) is 7.11 Å². The van der Waals surface area contributed by atoms with Crippen LogP contribution < -0.4 is 10.1 Å². The maximum atomic E-state index is 10.6. The van der Waals surface area contributed by atoms with Gasteiger partial charge < -0.3 is 10.1 Å². The summed E-state index contributed by atoms with van der Waals surface area (Å²) in [6.45, 7) is 2.26. The van der Waals surface area contributed by atoms with Crippen molar-refractivity contribution in [2.24, 2.45) is 0 Å². The van der Waals surface area contributed by atoms with E-state index in [1.165, 1.54) is 12.5 Å². The van der Waals surface area contributed by atoms with Crippen LogP contribution in [0, 0.1) is 0 Å². The lowest BCUT2D eigenvalue weighted by molar-refractivity contribution is -0.118. The number of benzene rings is 1. The van der Waals surface area contributed by atoms with Crippen molar-refractivity contribution >= 4 is 5.91 Å². The molecule has 0 atom stereocenters. The highest BCUT2D eigenvalue weighted by atomic mass is 16.5. The van der Waals surface area contributed by atoms with Gasteiger partial charge in [-0.15, -0.1) is 0 Å². The average molecular weight is 207 g/mol. The Morgan fingerprint density at radius 1 is 1.47 bits per heavy atom. The number of carbonyl (C=O) groups is 1. The summed E-state index contributed by atoms with van der Waals surface area (Å²) in [5.41, 5.74) is 1.24. The molecule has 0 aromatic heterocycles. The van der Waals surface area contributed by atoms with Crippen LogP contribution in [0.2, 0.25) is 0 Å². The molecule has 0 radical (unpaired) electrons. The van der Waals surface area contributed by atoms with Crippen molar-refractivity contribution in [3.63, 3.8) is 0 Å². The van der Waals surface area contributed by atoms with Crippen molar-refractivity contribution < 1.29 is 9.53 Å². The fourth-order valence-corrected chi connectivity index (χ4v) is 1.38. The van der Waals surface area contributed by atoms with E-state index < -0.39 is 0 Å². The van der Waals surface area contributed by atoms with Gasteiger partial charge in [-0.1, -0.05) is 12.1 Å². The molecule has 3 nitrogen and oxygen atoms in total. The molecule has 0 bridgehead atoms. The van der Waals surface area contributed by atoms with E-state index in [9.17, 15) is 4.79 Å². The number of rotatable bonds is 5. The van der Waals surface area contributed by atoms with Crippen LogP contribution in [0.5, 0.6) is 5.75 Å². The SMILES string of the molecule is COc1cccc(CCCNC(C)=O)c1. The molecule has 0 aliphatic carbocycles. The van der Waals surface area contributed by atoms with E-state index in [-0.39, 0.29) is 5.91 Å². The van der Waals surface area contributed by atoms with Crippen LogP contribution in [-0.2, 0) is 11.2 Å². The van der Waals surface area contributed by atoms with Gasteiger partial charge in [0.25, 0.3) is 0 Å². The summed E-state index contributed by atoms with van der Waals surface area (Å²) in [7, 11) is 1.66. The van der Waals surface area contributed by atoms with E-state index in [4.69, 9.17) is 4.74 Å². The van der Waals surface area contributed by atoms with Crippen molar-refractivity contribution in [3.8, 4) is 5.75 Å². The average Bonchev–Trinajstić information content (AvgIpc) is 2.24. The number of nitrogens with one attached hydrogen (secondary N) is 1. The van der Waals surface area contributed by atoms with E-state index in [2.05, 4.69) is 11.4 Å². The molecule has 82 valence electrons. The normalized spacial score (nSPS) is 9.73. The highest BCUT2D eigenvalue weighted by Crippen LogP contribution is 2.13. The molecule has 0 saturated heterocycles. The van der Waals surface area contributed by atoms with Crippen LogP contribution in [0.15, 0.2) is 24.3 Å². The van der Waals surface area contributed by atoms with E-state index in [0.717, 1.165) is 25.1 Å². The second-order valence-corrected chi connectivity index (χ2v) is 3.44. The van der Waals surface area contributed by atoms with Crippen molar-refractivity contribution in [1.29, 1.82) is 0 Å². The minimum Gasteiger partial charge on any atom is -0.497 e. The Balaban J connectivity index is 2.33. The number of ether oxygens (including phenoxy) is 1. The van der Waals surface area contributed by atoms with Gasteiger partial charge in [-0.05, 0) is 30.5 Å². The standard InChI is InChI=1S/C12H17NO2/c1-10(14)13-8-4-6-11-5-3-7-12(9-11)15-2/h3,5,7,9H,4,6,8H2,1-2H3,(H,13,14). The summed E-state index contributed by atoms with van der Waals surface area (Å²) in [6, 6.07) is 7.99. The molecule has 0 saturated carbocycles. The van der Waals surface area contributed by atoms with Crippen LogP contribution in [0.1, 0.15) is 18.9 Å². The van der Waals surface area contributed by atoms with Gasteiger partial charge in [-0.3, -0.25) is 4.79 Å². The Morgan fingerprint density at radius 2 is 2.27 bits per heavy atom. The molecule has 0 aliphatic heterocycles. The van der Waals surface area contributed by atoms with Gasteiger partial charge in [-0.25, -0.2) is 0 Å². The molecule has 1 rings (SSSR count). The molecule has 1 amide bonds. The quantitative estimate of drug-likeness (QED) is 0.747. The first-order valence-electron chi connectivity index (χ1n) is 5.09. The molecular weight excluding hydrogens is 190 g/mol. The van der Waals surface area contributed by atoms with Gasteiger partial charge >= 0.3 is 0 Å². The second kappa shape index (κ2) is 6.06. The molecule has 0 unspecified atom stereocenters. The van der Waals surface area contributed by atoms with Crippen molar-refractivity contribution in [2.45, 2.75) is 19.8 Å². The van der Waals surface area contributed by atoms with Crippen molar-refractivity contribution in [1.82, 2.24) is 5.32 Å². The zero-order valence-corrected chi connectivity index (χ0v) is 9.25. The fraction of sp³-hybridized carbons (Fsp3) is 0.417. The molecular formula is C12H17NO2. The summed E-state index contributed by atoms with van der Waals surface area (Å²) >= 11 is 0. The summed E-state index contributed by atoms with van der Waals surface area (Å²) in [6.07, 6.45) is 1.91. The molecule has 0 fully saturated rings. The highest BCUT2D eigenvalue weighted by molar-refractivity contribution is 5.72. The minimum absolute atomic E-state index is 0.0284. The molecule has 1 N–H and O–H groups in total. The van der Waals surface area contributed by atoms with Crippen LogP contribution in [-0.4, -0.2) is 19.6 Å². The Hall–Kier alpha value is -1.51.